The molecule has 1 fully saturated rings. The number of likely N-dealkylation sites (N-methyl/N-ethyl adjacent to an activating group) is 1. The lowest BCUT2D eigenvalue weighted by atomic mass is 10.0. The minimum absolute atomic E-state index is 0.0755. The molecule has 30 heavy (non-hydrogen) atoms. The minimum atomic E-state index is -0.358. The molecule has 0 aliphatic carbocycles. The van der Waals surface area contributed by atoms with Crippen LogP contribution in [0.1, 0.15) is 29.2 Å². The summed E-state index contributed by atoms with van der Waals surface area (Å²) in [6.45, 7) is 4.68. The monoisotopic (exact) mass is 438 g/mol. The second-order valence-corrected chi connectivity index (χ2v) is 8.66. The molecule has 1 aromatic heterocycles. The van der Waals surface area contributed by atoms with Crippen LogP contribution in [0.4, 0.5) is 5.82 Å². The SMILES string of the molecule is CCN1C(=O)/C(=C/c2c(C)c(C#N)c(=O)n(C)c2N(C)Cc2ccccc2)SC1=S. The number of benzene rings is 1. The van der Waals surface area contributed by atoms with Gasteiger partial charge in [-0.2, -0.15) is 5.26 Å². The van der Waals surface area contributed by atoms with E-state index >= 15 is 0 Å². The fraction of sp³-hybridized carbons (Fsp3) is 0.273. The zero-order valence-electron chi connectivity index (χ0n) is 17.3. The molecule has 3 rings (SSSR count). The van der Waals surface area contributed by atoms with Crippen molar-refractivity contribution in [2.45, 2.75) is 20.4 Å². The smallest absolute Gasteiger partial charge is 0.270 e. The molecule has 1 aromatic carbocycles. The van der Waals surface area contributed by atoms with E-state index in [1.807, 2.05) is 55.3 Å². The van der Waals surface area contributed by atoms with Gasteiger partial charge in [0.2, 0.25) is 0 Å². The fourth-order valence-electron chi connectivity index (χ4n) is 3.51. The van der Waals surface area contributed by atoms with Crippen LogP contribution < -0.4 is 10.5 Å². The molecule has 0 spiro atoms. The van der Waals surface area contributed by atoms with E-state index in [4.69, 9.17) is 12.2 Å². The Morgan fingerprint density at radius 3 is 2.50 bits per heavy atom. The van der Waals surface area contributed by atoms with E-state index in [9.17, 15) is 14.9 Å². The van der Waals surface area contributed by atoms with Crippen molar-refractivity contribution in [2.75, 3.05) is 18.5 Å². The molecule has 0 unspecified atom stereocenters. The lowest BCUT2D eigenvalue weighted by Crippen LogP contribution is -2.30. The van der Waals surface area contributed by atoms with Gasteiger partial charge in [0, 0.05) is 32.7 Å². The summed E-state index contributed by atoms with van der Waals surface area (Å²) in [7, 11) is 3.54. The summed E-state index contributed by atoms with van der Waals surface area (Å²) in [6.07, 6.45) is 1.75. The van der Waals surface area contributed by atoms with Crippen molar-refractivity contribution >= 4 is 46.1 Å². The van der Waals surface area contributed by atoms with E-state index in [0.717, 1.165) is 5.56 Å². The van der Waals surface area contributed by atoms with Gasteiger partial charge in [-0.05, 0) is 31.1 Å². The molecule has 6 nitrogen and oxygen atoms in total. The second kappa shape index (κ2) is 8.86. The van der Waals surface area contributed by atoms with Gasteiger partial charge >= 0.3 is 0 Å². The molecule has 2 aromatic rings. The number of nitriles is 1. The largest absolute Gasteiger partial charge is 0.356 e. The average molecular weight is 439 g/mol. The van der Waals surface area contributed by atoms with Crippen molar-refractivity contribution in [3.05, 3.63) is 67.8 Å². The van der Waals surface area contributed by atoms with Gasteiger partial charge in [0.15, 0.2) is 0 Å². The third-order valence-electron chi connectivity index (χ3n) is 5.06. The maximum Gasteiger partial charge on any atom is 0.270 e. The number of thiocarbonyl (C=S) groups is 1. The predicted octanol–water partition coefficient (Wildman–Crippen LogP) is 3.42. The number of hydrogen-bond acceptors (Lipinski definition) is 6. The van der Waals surface area contributed by atoms with Crippen molar-refractivity contribution in [3.63, 3.8) is 0 Å². The molecule has 0 bridgehead atoms. The summed E-state index contributed by atoms with van der Waals surface area (Å²) < 4.78 is 1.98. The lowest BCUT2D eigenvalue weighted by molar-refractivity contribution is -0.121. The number of aromatic nitrogens is 1. The molecule has 0 atom stereocenters. The van der Waals surface area contributed by atoms with Gasteiger partial charge in [0.25, 0.3) is 11.5 Å². The normalized spacial score (nSPS) is 15.0. The van der Waals surface area contributed by atoms with E-state index in [-0.39, 0.29) is 17.0 Å². The van der Waals surface area contributed by atoms with Gasteiger partial charge in [0.1, 0.15) is 21.8 Å². The number of pyridine rings is 1. The molecule has 1 amide bonds. The lowest BCUT2D eigenvalue weighted by Gasteiger charge is -2.26. The molecule has 2 heterocycles. The number of hydrogen-bond donors (Lipinski definition) is 0. The molecule has 1 aliphatic rings. The van der Waals surface area contributed by atoms with Gasteiger partial charge in [-0.15, -0.1) is 0 Å². The van der Waals surface area contributed by atoms with E-state index in [1.165, 1.54) is 16.3 Å². The maximum atomic E-state index is 12.8. The molecule has 1 aliphatic heterocycles. The first-order valence-corrected chi connectivity index (χ1v) is 10.7. The Balaban J connectivity index is 2.19. The quantitative estimate of drug-likeness (QED) is 0.526. The van der Waals surface area contributed by atoms with E-state index in [1.54, 1.807) is 24.9 Å². The van der Waals surface area contributed by atoms with E-state index in [2.05, 4.69) is 0 Å². The molecule has 8 heteroatoms. The van der Waals surface area contributed by atoms with Crippen LogP contribution in [0.3, 0.4) is 0 Å². The Kier molecular flexibility index (Phi) is 6.44. The van der Waals surface area contributed by atoms with Gasteiger partial charge in [-0.3, -0.25) is 19.1 Å². The Labute approximate surface area is 185 Å². The first-order valence-electron chi connectivity index (χ1n) is 9.44. The van der Waals surface area contributed by atoms with Crippen molar-refractivity contribution in [1.29, 1.82) is 5.26 Å². The highest BCUT2D eigenvalue weighted by atomic mass is 32.2. The molecular formula is C22H22N4O2S2. The summed E-state index contributed by atoms with van der Waals surface area (Å²) in [4.78, 5) is 29.5. The fourth-order valence-corrected chi connectivity index (χ4v) is 4.88. The average Bonchev–Trinajstić information content (AvgIpc) is 2.99. The minimum Gasteiger partial charge on any atom is -0.356 e. The molecule has 0 N–H and O–H groups in total. The summed E-state index contributed by atoms with van der Waals surface area (Å²) in [5, 5.41) is 9.55. The predicted molar refractivity (Wildman–Crippen MR) is 125 cm³/mol. The Bertz CT molecular complexity index is 1150. The molecular weight excluding hydrogens is 416 g/mol. The number of carbonyl (C=O) groups excluding carboxylic acids is 1. The summed E-state index contributed by atoms with van der Waals surface area (Å²) in [6, 6.07) is 11.9. The highest BCUT2D eigenvalue weighted by Gasteiger charge is 2.31. The van der Waals surface area contributed by atoms with E-state index in [0.29, 0.717) is 39.3 Å². The zero-order chi connectivity index (χ0) is 22.0. The highest BCUT2D eigenvalue weighted by molar-refractivity contribution is 8.26. The van der Waals surface area contributed by atoms with Gasteiger partial charge < -0.3 is 4.90 Å². The number of anilines is 1. The first-order chi connectivity index (χ1) is 14.3. The van der Waals surface area contributed by atoms with Crippen molar-refractivity contribution in [3.8, 4) is 6.07 Å². The number of carbonyl (C=O) groups is 1. The molecule has 0 radical (unpaired) electrons. The van der Waals surface area contributed by atoms with Gasteiger partial charge in [-0.25, -0.2) is 0 Å². The first kappa shape index (κ1) is 21.8. The van der Waals surface area contributed by atoms with Crippen molar-refractivity contribution in [2.24, 2.45) is 7.05 Å². The van der Waals surface area contributed by atoms with Crippen LogP contribution in [0.25, 0.3) is 6.08 Å². The van der Waals surface area contributed by atoms with Gasteiger partial charge in [0.05, 0.1) is 4.91 Å². The second-order valence-electron chi connectivity index (χ2n) is 6.98. The van der Waals surface area contributed by atoms with E-state index < -0.39 is 0 Å². The Morgan fingerprint density at radius 1 is 1.27 bits per heavy atom. The maximum absolute atomic E-state index is 12.8. The van der Waals surface area contributed by atoms with Crippen LogP contribution in [-0.4, -0.2) is 33.3 Å². The molecule has 154 valence electrons. The highest BCUT2D eigenvalue weighted by Crippen LogP contribution is 2.35. The summed E-state index contributed by atoms with van der Waals surface area (Å²) in [5.41, 5.74) is 2.02. The number of rotatable bonds is 5. The molecule has 1 saturated heterocycles. The van der Waals surface area contributed by atoms with Crippen LogP contribution in [0.15, 0.2) is 40.0 Å². The topological polar surface area (TPSA) is 69.3 Å². The number of thioether (sulfide) groups is 1. The molecule has 0 saturated carbocycles. The summed E-state index contributed by atoms with van der Waals surface area (Å²) in [5.74, 6) is 0.484. The third kappa shape index (κ3) is 3.91. The Hall–Kier alpha value is -2.89. The third-order valence-corrected chi connectivity index (χ3v) is 6.44. The van der Waals surface area contributed by atoms with Crippen LogP contribution in [0.2, 0.25) is 0 Å². The van der Waals surface area contributed by atoms with Crippen LogP contribution in [0.5, 0.6) is 0 Å². The van der Waals surface area contributed by atoms with Crippen LogP contribution >= 0.6 is 24.0 Å². The van der Waals surface area contributed by atoms with Crippen LogP contribution in [-0.2, 0) is 18.4 Å². The Morgan fingerprint density at radius 2 is 1.93 bits per heavy atom. The van der Waals surface area contributed by atoms with Crippen molar-refractivity contribution in [1.82, 2.24) is 9.47 Å². The summed E-state index contributed by atoms with van der Waals surface area (Å²) >= 11 is 6.56. The van der Waals surface area contributed by atoms with Gasteiger partial charge in [-0.1, -0.05) is 54.3 Å². The van der Waals surface area contributed by atoms with Crippen molar-refractivity contribution < 1.29 is 4.79 Å². The number of amides is 1. The number of nitrogens with zero attached hydrogens (tertiary/aromatic N) is 4. The van der Waals surface area contributed by atoms with Crippen LogP contribution in [0, 0.1) is 18.3 Å². The standard InChI is InChI=1S/C22H22N4O2S2/c1-5-26-21(28)18(30-22(26)29)11-16-14(2)17(12-23)20(27)25(4)19(16)24(3)13-15-9-7-6-8-10-15/h6-11H,5,13H2,1-4H3/b18-11-. The zero-order valence-corrected chi connectivity index (χ0v) is 18.9.